The number of hydrogen-bond donors (Lipinski definition) is 0. The third-order valence-corrected chi connectivity index (χ3v) is 3.20. The Kier molecular flexibility index (Phi) is 3.95. The Bertz CT molecular complexity index is 489. The molecule has 0 aliphatic carbocycles. The largest absolute Gasteiger partial charge is 0.332 e. The van der Waals surface area contributed by atoms with E-state index >= 15 is 0 Å². The first-order valence-corrected chi connectivity index (χ1v) is 6.98. The van der Waals surface area contributed by atoms with Crippen molar-refractivity contribution in [2.24, 2.45) is 0 Å². The monoisotopic (exact) mass is 284 g/mol. The Morgan fingerprint density at radius 1 is 0.684 bits per heavy atom. The second kappa shape index (κ2) is 5.48. The molecule has 0 aliphatic rings. The summed E-state index contributed by atoms with van der Waals surface area (Å²) < 4.78 is 36.5. The van der Waals surface area contributed by atoms with Gasteiger partial charge in [0.25, 0.3) is 0 Å². The van der Waals surface area contributed by atoms with E-state index in [9.17, 15) is 7.77 Å². The number of benzene rings is 2. The predicted octanol–water partition coefficient (Wildman–Crippen LogP) is 5.16. The molecule has 2 aromatic carbocycles. The van der Waals surface area contributed by atoms with E-state index in [1.54, 1.807) is 24.3 Å². The first-order valence-electron chi connectivity index (χ1n) is 5.69. The van der Waals surface area contributed by atoms with E-state index < -0.39 is 11.4 Å². The smallest absolute Gasteiger partial charge is 0.210 e. The summed E-state index contributed by atoms with van der Waals surface area (Å²) in [6, 6.07) is 12.8. The molecule has 0 bridgehead atoms. The van der Waals surface area contributed by atoms with Crippen LogP contribution in [0, 0.1) is 13.8 Å². The van der Waals surface area contributed by atoms with Gasteiger partial charge in [0.05, 0.1) is 0 Å². The van der Waals surface area contributed by atoms with Crippen molar-refractivity contribution in [3.8, 4) is 11.5 Å². The van der Waals surface area contributed by atoms with Gasteiger partial charge >= 0.3 is 0 Å². The molecule has 0 fully saturated rings. The molecule has 0 heterocycles. The Hall–Kier alpha value is -1.75. The maximum absolute atomic E-state index is 13.6. The predicted molar refractivity (Wildman–Crippen MR) is 73.4 cm³/mol. The van der Waals surface area contributed by atoms with Gasteiger partial charge in [-0.3, -0.25) is 0 Å². The number of rotatable bonds is 4. The summed E-state index contributed by atoms with van der Waals surface area (Å²) in [7, 11) is 0. The van der Waals surface area contributed by atoms with Crippen molar-refractivity contribution < 1.29 is 16.1 Å². The van der Waals surface area contributed by atoms with Crippen LogP contribution in [-0.2, 0) is 0 Å². The van der Waals surface area contributed by atoms with E-state index in [0.717, 1.165) is 11.1 Å². The van der Waals surface area contributed by atoms with Crippen molar-refractivity contribution in [3.63, 3.8) is 0 Å². The molecule has 2 aromatic rings. The van der Waals surface area contributed by atoms with E-state index in [1.165, 1.54) is 24.3 Å². The molecule has 0 atom stereocenters. The number of halogens is 2. The Balaban J connectivity index is 2.05. The van der Waals surface area contributed by atoms with Crippen molar-refractivity contribution in [3.05, 3.63) is 59.7 Å². The minimum absolute atomic E-state index is 0.0951. The van der Waals surface area contributed by atoms with Gasteiger partial charge in [0.2, 0.25) is 11.4 Å². The van der Waals surface area contributed by atoms with Crippen LogP contribution >= 0.6 is 11.4 Å². The molecular weight excluding hydrogens is 270 g/mol. The summed E-state index contributed by atoms with van der Waals surface area (Å²) in [5.41, 5.74) is 1.95. The fourth-order valence-corrected chi connectivity index (χ4v) is 2.13. The third kappa shape index (κ3) is 4.13. The quantitative estimate of drug-likeness (QED) is 0.771. The number of hydrogen-bond acceptors (Lipinski definition) is 2. The molecule has 0 aliphatic heterocycles. The van der Waals surface area contributed by atoms with Gasteiger partial charge in [0.15, 0.2) is 11.5 Å². The van der Waals surface area contributed by atoms with E-state index in [1.807, 2.05) is 13.8 Å². The molecule has 2 nitrogen and oxygen atoms in total. The summed E-state index contributed by atoms with van der Waals surface area (Å²) in [6.07, 6.45) is 0. The van der Waals surface area contributed by atoms with Crippen LogP contribution in [0.2, 0.25) is 0 Å². The lowest BCUT2D eigenvalue weighted by Gasteiger charge is -2.24. The normalized spacial score (nSPS) is 12.0. The number of aryl methyl sites for hydroxylation is 2. The molecule has 0 spiro atoms. The second-order valence-electron chi connectivity index (χ2n) is 4.17. The Morgan fingerprint density at radius 3 is 1.32 bits per heavy atom. The van der Waals surface area contributed by atoms with Gasteiger partial charge in [-0.25, -0.2) is 0 Å². The molecule has 0 N–H and O–H groups in total. The van der Waals surface area contributed by atoms with Gasteiger partial charge in [-0.05, 0) is 45.9 Å². The highest BCUT2D eigenvalue weighted by atomic mass is 32.3. The highest BCUT2D eigenvalue weighted by Crippen LogP contribution is 2.53. The average Bonchev–Trinajstić information content (AvgIpc) is 2.34. The van der Waals surface area contributed by atoms with Gasteiger partial charge < -0.3 is 8.37 Å². The van der Waals surface area contributed by atoms with Crippen LogP contribution in [0.1, 0.15) is 11.1 Å². The maximum atomic E-state index is 13.6. The molecule has 0 aromatic heterocycles. The van der Waals surface area contributed by atoms with E-state index in [0.29, 0.717) is 0 Å². The fraction of sp³-hybridized carbons (Fsp3) is 0.143. The second-order valence-corrected chi connectivity index (χ2v) is 5.26. The lowest BCUT2D eigenvalue weighted by Crippen LogP contribution is -2.04. The van der Waals surface area contributed by atoms with Gasteiger partial charge in [0.1, 0.15) is 0 Å². The highest BCUT2D eigenvalue weighted by Gasteiger charge is 2.22. The summed E-state index contributed by atoms with van der Waals surface area (Å²) in [5, 5.41) is 0. The zero-order valence-electron chi connectivity index (χ0n) is 10.6. The standard InChI is InChI=1S/C14H14F2O2S/c1-11-3-7-13(8-4-11)17-19(15,16)18-14-9-5-12(2)6-10-14/h3-10H,1-2H3. The van der Waals surface area contributed by atoms with Crippen LogP contribution in [0.15, 0.2) is 48.5 Å². The summed E-state index contributed by atoms with van der Waals surface area (Å²) in [5.74, 6) is 0.190. The van der Waals surface area contributed by atoms with Crippen molar-refractivity contribution in [1.82, 2.24) is 0 Å². The molecule has 0 amide bonds. The van der Waals surface area contributed by atoms with Crippen molar-refractivity contribution in [1.29, 1.82) is 0 Å². The first-order chi connectivity index (χ1) is 8.94. The van der Waals surface area contributed by atoms with Crippen LogP contribution in [0.25, 0.3) is 0 Å². The van der Waals surface area contributed by atoms with Crippen molar-refractivity contribution in [2.45, 2.75) is 13.8 Å². The van der Waals surface area contributed by atoms with Crippen LogP contribution in [-0.4, -0.2) is 0 Å². The molecule has 0 radical (unpaired) electrons. The fourth-order valence-electron chi connectivity index (χ4n) is 1.43. The lowest BCUT2D eigenvalue weighted by molar-refractivity contribution is 0.393. The molecule has 102 valence electrons. The third-order valence-electron chi connectivity index (χ3n) is 2.43. The zero-order chi connectivity index (χ0) is 13.9. The van der Waals surface area contributed by atoms with Crippen LogP contribution < -0.4 is 8.37 Å². The minimum Gasteiger partial charge on any atom is -0.332 e. The van der Waals surface area contributed by atoms with Crippen molar-refractivity contribution in [2.75, 3.05) is 0 Å². The van der Waals surface area contributed by atoms with Gasteiger partial charge in [-0.15, -0.1) is 0 Å². The summed E-state index contributed by atoms with van der Waals surface area (Å²) >= 11 is -4.61. The molecule has 19 heavy (non-hydrogen) atoms. The van der Waals surface area contributed by atoms with E-state index in [4.69, 9.17) is 0 Å². The lowest BCUT2D eigenvalue weighted by atomic mass is 10.2. The van der Waals surface area contributed by atoms with Gasteiger partial charge in [-0.2, -0.15) is 0 Å². The first kappa shape index (κ1) is 13.7. The van der Waals surface area contributed by atoms with E-state index in [-0.39, 0.29) is 11.5 Å². The molecule has 5 heteroatoms. The Labute approximate surface area is 113 Å². The van der Waals surface area contributed by atoms with Crippen LogP contribution in [0.5, 0.6) is 11.5 Å². The highest BCUT2D eigenvalue weighted by molar-refractivity contribution is 8.17. The topological polar surface area (TPSA) is 18.5 Å². The maximum Gasteiger partial charge on any atom is 0.210 e. The molecule has 0 saturated carbocycles. The van der Waals surface area contributed by atoms with Gasteiger partial charge in [0, 0.05) is 0 Å². The zero-order valence-corrected chi connectivity index (χ0v) is 11.4. The van der Waals surface area contributed by atoms with Crippen LogP contribution in [0.3, 0.4) is 0 Å². The average molecular weight is 284 g/mol. The van der Waals surface area contributed by atoms with Crippen LogP contribution in [0.4, 0.5) is 7.77 Å². The Morgan fingerprint density at radius 2 is 1.00 bits per heavy atom. The van der Waals surface area contributed by atoms with E-state index in [2.05, 4.69) is 8.37 Å². The molecule has 0 saturated heterocycles. The van der Waals surface area contributed by atoms with Crippen molar-refractivity contribution >= 4 is 11.4 Å². The molecule has 2 rings (SSSR count). The molecule has 0 unspecified atom stereocenters. The summed E-state index contributed by atoms with van der Waals surface area (Å²) in [6.45, 7) is 3.75. The van der Waals surface area contributed by atoms with Gasteiger partial charge in [-0.1, -0.05) is 35.4 Å². The SMILES string of the molecule is Cc1ccc(OS(F)(F)Oc2ccc(C)cc2)cc1. The molecular formula is C14H14F2O2S. The minimum atomic E-state index is -4.61. The summed E-state index contributed by atoms with van der Waals surface area (Å²) in [4.78, 5) is 0.